The number of β-amino-alcohol motifs (C(OH)–C–C–N with tert-alkyl or cyclic N) is 1. The summed E-state index contributed by atoms with van der Waals surface area (Å²) in [5, 5.41) is 20.5. The summed E-state index contributed by atoms with van der Waals surface area (Å²) < 4.78 is 1.01. The van der Waals surface area contributed by atoms with Crippen molar-refractivity contribution in [3.63, 3.8) is 0 Å². The summed E-state index contributed by atoms with van der Waals surface area (Å²) in [5.74, 6) is -0.545. The maximum atomic E-state index is 11.5. The summed E-state index contributed by atoms with van der Waals surface area (Å²) in [5.41, 5.74) is 0.879. The number of hydrogen-bond donors (Lipinski definition) is 2. The van der Waals surface area contributed by atoms with Gasteiger partial charge in [0.2, 0.25) is 0 Å². The lowest BCUT2D eigenvalue weighted by Crippen LogP contribution is -2.42. The highest BCUT2D eigenvalue weighted by molar-refractivity contribution is 7.21. The molecular weight excluding hydrogens is 286 g/mol. The Bertz CT molecular complexity index is 667. The van der Waals surface area contributed by atoms with E-state index in [0.717, 1.165) is 28.6 Å². The molecule has 0 bridgehead atoms. The topological polar surface area (TPSA) is 60.8 Å². The molecule has 1 aliphatic rings. The smallest absolute Gasteiger partial charge is 0.346 e. The number of thiophene rings is 1. The van der Waals surface area contributed by atoms with Gasteiger partial charge in [-0.3, -0.25) is 4.90 Å². The van der Waals surface area contributed by atoms with Crippen molar-refractivity contribution >= 4 is 27.4 Å². The molecule has 0 saturated carbocycles. The van der Waals surface area contributed by atoms with Gasteiger partial charge in [-0.05, 0) is 35.9 Å². The zero-order valence-electron chi connectivity index (χ0n) is 12.0. The molecule has 2 aromatic rings. The van der Waals surface area contributed by atoms with E-state index in [4.69, 9.17) is 0 Å². The van der Waals surface area contributed by atoms with Gasteiger partial charge in [-0.15, -0.1) is 11.3 Å². The molecule has 21 heavy (non-hydrogen) atoms. The molecule has 5 heteroatoms. The molecule has 0 amide bonds. The number of aliphatic hydroxyl groups is 1. The molecule has 2 heterocycles. The monoisotopic (exact) mass is 305 g/mol. The van der Waals surface area contributed by atoms with Crippen LogP contribution in [0.3, 0.4) is 0 Å². The summed E-state index contributed by atoms with van der Waals surface area (Å²) in [6, 6.07) is 7.82. The van der Waals surface area contributed by atoms with Crippen molar-refractivity contribution in [2.75, 3.05) is 13.1 Å². The molecule has 2 unspecified atom stereocenters. The summed E-state index contributed by atoms with van der Waals surface area (Å²) in [6.07, 6.45) is 0.628. The Labute approximate surface area is 127 Å². The van der Waals surface area contributed by atoms with Crippen LogP contribution in [0.15, 0.2) is 24.3 Å². The molecule has 1 fully saturated rings. The molecule has 2 atom stereocenters. The number of hydrogen-bond acceptors (Lipinski definition) is 4. The second kappa shape index (κ2) is 5.75. The molecule has 3 rings (SSSR count). The van der Waals surface area contributed by atoms with Crippen LogP contribution >= 0.6 is 11.3 Å². The van der Waals surface area contributed by atoms with Gasteiger partial charge in [-0.2, -0.15) is 0 Å². The van der Waals surface area contributed by atoms with Crippen LogP contribution in [0, 0.1) is 5.92 Å². The Morgan fingerprint density at radius 2 is 2.19 bits per heavy atom. The van der Waals surface area contributed by atoms with E-state index < -0.39 is 5.97 Å². The number of aromatic carboxylic acids is 1. The summed E-state index contributed by atoms with van der Waals surface area (Å²) in [6.45, 7) is 4.17. The number of carbonyl (C=O) groups is 1. The molecule has 0 radical (unpaired) electrons. The van der Waals surface area contributed by atoms with Gasteiger partial charge in [0.05, 0.1) is 6.10 Å². The molecule has 2 N–H and O–H groups in total. The third-order valence-electron chi connectivity index (χ3n) is 4.28. The van der Waals surface area contributed by atoms with Crippen LogP contribution in [0.25, 0.3) is 10.1 Å². The van der Waals surface area contributed by atoms with Gasteiger partial charge in [0.1, 0.15) is 4.88 Å². The SMILES string of the molecule is CC1CCN(Cc2c(C(=O)O)sc3ccccc23)CC1O. The molecule has 4 nitrogen and oxygen atoms in total. The minimum Gasteiger partial charge on any atom is -0.477 e. The van der Waals surface area contributed by atoms with Gasteiger partial charge in [-0.25, -0.2) is 4.79 Å². The Morgan fingerprint density at radius 1 is 1.43 bits per heavy atom. The maximum Gasteiger partial charge on any atom is 0.346 e. The Morgan fingerprint density at radius 3 is 2.90 bits per heavy atom. The zero-order chi connectivity index (χ0) is 15.0. The lowest BCUT2D eigenvalue weighted by molar-refractivity contribution is 0.0259. The van der Waals surface area contributed by atoms with Gasteiger partial charge >= 0.3 is 5.97 Å². The van der Waals surface area contributed by atoms with Crippen LogP contribution in [0.1, 0.15) is 28.6 Å². The average Bonchev–Trinajstić information content (AvgIpc) is 2.82. The number of benzene rings is 1. The number of carboxylic acid groups (broad SMARTS) is 1. The van der Waals surface area contributed by atoms with Crippen LogP contribution in [0.4, 0.5) is 0 Å². The minimum atomic E-state index is -0.864. The number of carboxylic acids is 1. The second-order valence-corrected chi connectivity index (χ2v) is 6.83. The van der Waals surface area contributed by atoms with Crippen LogP contribution in [0.5, 0.6) is 0 Å². The largest absolute Gasteiger partial charge is 0.477 e. The maximum absolute atomic E-state index is 11.5. The Kier molecular flexibility index (Phi) is 3.97. The third kappa shape index (κ3) is 2.81. The Hall–Kier alpha value is -1.43. The van der Waals surface area contributed by atoms with Crippen molar-refractivity contribution in [2.45, 2.75) is 26.0 Å². The Balaban J connectivity index is 1.92. The number of fused-ring (bicyclic) bond motifs is 1. The fourth-order valence-corrected chi connectivity index (χ4v) is 3.96. The molecule has 0 spiro atoms. The van der Waals surface area contributed by atoms with Gasteiger partial charge in [0.15, 0.2) is 0 Å². The van der Waals surface area contributed by atoms with Gasteiger partial charge in [-0.1, -0.05) is 25.1 Å². The molecule has 1 saturated heterocycles. The molecule has 112 valence electrons. The summed E-state index contributed by atoms with van der Waals surface area (Å²) in [7, 11) is 0. The fraction of sp³-hybridized carbons (Fsp3) is 0.438. The van der Waals surface area contributed by atoms with Gasteiger partial charge < -0.3 is 10.2 Å². The first-order valence-corrected chi connectivity index (χ1v) is 8.02. The summed E-state index contributed by atoms with van der Waals surface area (Å²) >= 11 is 1.33. The first-order chi connectivity index (χ1) is 10.1. The molecule has 1 aromatic carbocycles. The van der Waals surface area contributed by atoms with Crippen LogP contribution < -0.4 is 0 Å². The van der Waals surface area contributed by atoms with E-state index in [0.29, 0.717) is 23.9 Å². The first kappa shape index (κ1) is 14.5. The van der Waals surface area contributed by atoms with Crippen LogP contribution in [-0.2, 0) is 6.54 Å². The van der Waals surface area contributed by atoms with E-state index in [2.05, 4.69) is 11.8 Å². The number of aliphatic hydroxyl groups excluding tert-OH is 1. The highest BCUT2D eigenvalue weighted by Gasteiger charge is 2.26. The number of rotatable bonds is 3. The van der Waals surface area contributed by atoms with Crippen molar-refractivity contribution in [3.05, 3.63) is 34.7 Å². The van der Waals surface area contributed by atoms with E-state index in [1.807, 2.05) is 24.3 Å². The number of likely N-dealkylation sites (tertiary alicyclic amines) is 1. The van der Waals surface area contributed by atoms with E-state index in [1.54, 1.807) is 0 Å². The molecule has 0 aliphatic carbocycles. The van der Waals surface area contributed by atoms with E-state index in [9.17, 15) is 15.0 Å². The summed E-state index contributed by atoms with van der Waals surface area (Å²) in [4.78, 5) is 14.1. The van der Waals surface area contributed by atoms with Crippen molar-refractivity contribution in [3.8, 4) is 0 Å². The molecular formula is C16H19NO3S. The lowest BCUT2D eigenvalue weighted by atomic mass is 9.95. The standard InChI is InChI=1S/C16H19NO3S/c1-10-6-7-17(9-13(10)18)8-12-11-4-2-3-5-14(11)21-15(12)16(19)20/h2-5,10,13,18H,6-9H2,1H3,(H,19,20). The lowest BCUT2D eigenvalue weighted by Gasteiger charge is -2.34. The predicted octanol–water partition coefficient (Wildman–Crippen LogP) is 2.80. The van der Waals surface area contributed by atoms with Gasteiger partial charge in [0.25, 0.3) is 0 Å². The van der Waals surface area contributed by atoms with E-state index in [1.165, 1.54) is 11.3 Å². The van der Waals surface area contributed by atoms with E-state index >= 15 is 0 Å². The molecule has 1 aromatic heterocycles. The van der Waals surface area contributed by atoms with Crippen molar-refractivity contribution in [2.24, 2.45) is 5.92 Å². The van der Waals surface area contributed by atoms with Crippen molar-refractivity contribution < 1.29 is 15.0 Å². The second-order valence-electron chi connectivity index (χ2n) is 5.78. The van der Waals surface area contributed by atoms with Crippen LogP contribution in [-0.4, -0.2) is 40.3 Å². The fourth-order valence-electron chi connectivity index (χ4n) is 2.91. The first-order valence-electron chi connectivity index (χ1n) is 7.20. The van der Waals surface area contributed by atoms with Crippen molar-refractivity contribution in [1.29, 1.82) is 0 Å². The van der Waals surface area contributed by atoms with Crippen molar-refractivity contribution in [1.82, 2.24) is 4.90 Å². The van der Waals surface area contributed by atoms with Crippen LogP contribution in [0.2, 0.25) is 0 Å². The number of nitrogens with zero attached hydrogens (tertiary/aromatic N) is 1. The zero-order valence-corrected chi connectivity index (χ0v) is 12.8. The highest BCUT2D eigenvalue weighted by Crippen LogP contribution is 2.33. The highest BCUT2D eigenvalue weighted by atomic mass is 32.1. The number of piperidine rings is 1. The quantitative estimate of drug-likeness (QED) is 0.915. The average molecular weight is 305 g/mol. The normalized spacial score (nSPS) is 23.5. The minimum absolute atomic E-state index is 0.319. The van der Waals surface area contributed by atoms with Gasteiger partial charge in [0, 0.05) is 17.8 Å². The molecule has 1 aliphatic heterocycles. The van der Waals surface area contributed by atoms with E-state index in [-0.39, 0.29) is 6.10 Å². The predicted molar refractivity (Wildman–Crippen MR) is 83.8 cm³/mol. The third-order valence-corrected chi connectivity index (χ3v) is 5.48.